The van der Waals surface area contributed by atoms with Gasteiger partial charge in [-0.25, -0.2) is 9.37 Å². The summed E-state index contributed by atoms with van der Waals surface area (Å²) >= 11 is 5.84. The molecule has 0 aliphatic carbocycles. The van der Waals surface area contributed by atoms with Crippen molar-refractivity contribution in [2.75, 3.05) is 12.4 Å². The minimum absolute atomic E-state index is 0.0631. The average Bonchev–Trinajstić information content (AvgIpc) is 2.88. The number of aromatic amines is 1. The van der Waals surface area contributed by atoms with Gasteiger partial charge in [-0.1, -0.05) is 0 Å². The molecule has 2 aromatic heterocycles. The van der Waals surface area contributed by atoms with Crippen LogP contribution in [0.5, 0.6) is 5.75 Å². The van der Waals surface area contributed by atoms with Gasteiger partial charge in [0.05, 0.1) is 19.1 Å². The van der Waals surface area contributed by atoms with E-state index in [0.29, 0.717) is 28.4 Å². The minimum atomic E-state index is -0.389. The monoisotopic (exact) mass is 293 g/mol. The smallest absolute Gasteiger partial charge is 0.226 e. The van der Waals surface area contributed by atoms with Crippen LogP contribution in [-0.2, 0) is 0 Å². The third-order valence-electron chi connectivity index (χ3n) is 2.67. The van der Waals surface area contributed by atoms with Crippen LogP contribution in [0.25, 0.3) is 11.2 Å². The van der Waals surface area contributed by atoms with Crippen LogP contribution >= 0.6 is 11.6 Å². The van der Waals surface area contributed by atoms with Gasteiger partial charge in [-0.15, -0.1) is 0 Å². The third-order valence-corrected chi connectivity index (χ3v) is 2.84. The topological polar surface area (TPSA) is 75.7 Å². The fourth-order valence-electron chi connectivity index (χ4n) is 1.79. The van der Waals surface area contributed by atoms with Gasteiger partial charge in [-0.05, 0) is 23.7 Å². The molecule has 1 aromatic carbocycles. The first-order valence-electron chi connectivity index (χ1n) is 5.64. The third kappa shape index (κ3) is 2.23. The molecule has 0 aliphatic rings. The Kier molecular flexibility index (Phi) is 3.11. The van der Waals surface area contributed by atoms with Crippen molar-refractivity contribution in [3.05, 3.63) is 35.6 Å². The van der Waals surface area contributed by atoms with Crippen molar-refractivity contribution in [1.82, 2.24) is 19.9 Å². The zero-order chi connectivity index (χ0) is 14.1. The molecule has 2 N–H and O–H groups in total. The molecule has 3 aromatic rings. The Morgan fingerprint density at radius 1 is 1.35 bits per heavy atom. The van der Waals surface area contributed by atoms with Crippen molar-refractivity contribution in [2.24, 2.45) is 0 Å². The molecule has 102 valence electrons. The highest BCUT2D eigenvalue weighted by Gasteiger charge is 2.11. The number of methoxy groups -OCH3 is 1. The molecule has 0 bridgehead atoms. The van der Waals surface area contributed by atoms with E-state index in [0.717, 1.165) is 0 Å². The highest BCUT2D eigenvalue weighted by atomic mass is 35.5. The first kappa shape index (κ1) is 12.6. The molecule has 3 rings (SSSR count). The highest BCUT2D eigenvalue weighted by molar-refractivity contribution is 6.28. The highest BCUT2D eigenvalue weighted by Crippen LogP contribution is 2.30. The molecule has 0 amide bonds. The molecule has 20 heavy (non-hydrogen) atoms. The summed E-state index contributed by atoms with van der Waals surface area (Å²) in [5, 5.41) is 3.09. The van der Waals surface area contributed by atoms with Gasteiger partial charge in [-0.2, -0.15) is 9.97 Å². The van der Waals surface area contributed by atoms with Crippen LogP contribution < -0.4 is 10.1 Å². The van der Waals surface area contributed by atoms with Crippen molar-refractivity contribution in [3.63, 3.8) is 0 Å². The van der Waals surface area contributed by atoms with E-state index >= 15 is 0 Å². The van der Waals surface area contributed by atoms with Crippen LogP contribution in [0.15, 0.2) is 24.5 Å². The Morgan fingerprint density at radius 2 is 2.20 bits per heavy atom. The number of imidazole rings is 1. The summed E-state index contributed by atoms with van der Waals surface area (Å²) in [6.07, 6.45) is 1.49. The molecule has 2 heterocycles. The van der Waals surface area contributed by atoms with E-state index in [4.69, 9.17) is 16.3 Å². The number of nitrogens with one attached hydrogen (secondary N) is 2. The molecule has 0 radical (unpaired) electrons. The number of rotatable bonds is 3. The number of benzene rings is 1. The Balaban J connectivity index is 2.07. The second-order valence-electron chi connectivity index (χ2n) is 3.91. The fraction of sp³-hybridized carbons (Fsp3) is 0.0833. The first-order valence-corrected chi connectivity index (χ1v) is 6.02. The maximum absolute atomic E-state index is 13.2. The van der Waals surface area contributed by atoms with E-state index in [2.05, 4.69) is 25.3 Å². The van der Waals surface area contributed by atoms with Gasteiger partial charge in [0.1, 0.15) is 17.1 Å². The van der Waals surface area contributed by atoms with Crippen LogP contribution in [0.2, 0.25) is 5.28 Å². The Bertz CT molecular complexity index is 776. The van der Waals surface area contributed by atoms with Crippen molar-refractivity contribution in [1.29, 1.82) is 0 Å². The van der Waals surface area contributed by atoms with Crippen LogP contribution in [0.1, 0.15) is 0 Å². The number of fused-ring (bicyclic) bond motifs is 1. The van der Waals surface area contributed by atoms with E-state index in [1.54, 1.807) is 6.07 Å². The number of hydrogen-bond acceptors (Lipinski definition) is 5. The van der Waals surface area contributed by atoms with Gasteiger partial charge in [-0.3, -0.25) is 0 Å². The van der Waals surface area contributed by atoms with Gasteiger partial charge < -0.3 is 15.0 Å². The standard InChI is InChI=1S/C12H9ClFN5O/c1-20-8-4-6(14)2-3-7(8)17-11-9-10(16-5-15-9)18-12(13)19-11/h2-5H,1H3,(H2,15,16,17,18,19). The van der Waals surface area contributed by atoms with Crippen LogP contribution in [0.3, 0.4) is 0 Å². The Hall–Kier alpha value is -2.41. The normalized spacial score (nSPS) is 10.8. The second-order valence-corrected chi connectivity index (χ2v) is 4.25. The molecular weight excluding hydrogens is 285 g/mol. The SMILES string of the molecule is COc1cc(F)ccc1Nc1nc(Cl)nc2nc[nH]c12. The molecule has 0 fully saturated rings. The van der Waals surface area contributed by atoms with Gasteiger partial charge in [0.2, 0.25) is 5.28 Å². The second kappa shape index (κ2) is 4.93. The molecule has 0 saturated heterocycles. The van der Waals surface area contributed by atoms with E-state index in [1.807, 2.05) is 0 Å². The maximum Gasteiger partial charge on any atom is 0.226 e. The summed E-state index contributed by atoms with van der Waals surface area (Å²) in [5.74, 6) is 0.398. The number of hydrogen-bond donors (Lipinski definition) is 2. The van der Waals surface area contributed by atoms with Crippen molar-refractivity contribution >= 4 is 34.3 Å². The van der Waals surface area contributed by atoms with Crippen LogP contribution in [0.4, 0.5) is 15.9 Å². The zero-order valence-electron chi connectivity index (χ0n) is 10.3. The van der Waals surface area contributed by atoms with Gasteiger partial charge in [0.15, 0.2) is 11.5 Å². The molecule has 0 spiro atoms. The number of ether oxygens (including phenoxy) is 1. The molecule has 8 heteroatoms. The fourth-order valence-corrected chi connectivity index (χ4v) is 1.96. The lowest BCUT2D eigenvalue weighted by Gasteiger charge is -2.11. The summed E-state index contributed by atoms with van der Waals surface area (Å²) in [5.41, 5.74) is 1.59. The van der Waals surface area contributed by atoms with Crippen molar-refractivity contribution < 1.29 is 9.13 Å². The van der Waals surface area contributed by atoms with Crippen LogP contribution in [-0.4, -0.2) is 27.0 Å². The summed E-state index contributed by atoms with van der Waals surface area (Å²) in [7, 11) is 1.46. The summed E-state index contributed by atoms with van der Waals surface area (Å²) in [6.45, 7) is 0. The Morgan fingerprint density at radius 3 is 3.00 bits per heavy atom. The lowest BCUT2D eigenvalue weighted by molar-refractivity contribution is 0.413. The molecule has 0 saturated carbocycles. The molecular formula is C12H9ClFN5O. The Labute approximate surface area is 118 Å². The van der Waals surface area contributed by atoms with E-state index < -0.39 is 0 Å². The number of anilines is 2. The van der Waals surface area contributed by atoms with E-state index in [-0.39, 0.29) is 11.1 Å². The summed E-state index contributed by atoms with van der Waals surface area (Å²) in [6, 6.07) is 4.14. The number of aromatic nitrogens is 4. The lowest BCUT2D eigenvalue weighted by atomic mass is 10.3. The summed E-state index contributed by atoms with van der Waals surface area (Å²) < 4.78 is 18.3. The molecule has 6 nitrogen and oxygen atoms in total. The molecule has 0 unspecified atom stereocenters. The van der Waals surface area contributed by atoms with Gasteiger partial charge in [0.25, 0.3) is 0 Å². The number of halogens is 2. The van der Waals surface area contributed by atoms with E-state index in [9.17, 15) is 4.39 Å². The van der Waals surface area contributed by atoms with E-state index in [1.165, 1.54) is 25.6 Å². The predicted octanol–water partition coefficient (Wildman–Crippen LogP) is 2.90. The van der Waals surface area contributed by atoms with Crippen molar-refractivity contribution in [2.45, 2.75) is 0 Å². The molecule has 0 aliphatic heterocycles. The number of nitrogens with zero attached hydrogens (tertiary/aromatic N) is 3. The predicted molar refractivity (Wildman–Crippen MR) is 72.9 cm³/mol. The minimum Gasteiger partial charge on any atom is -0.494 e. The first-order chi connectivity index (χ1) is 9.67. The van der Waals surface area contributed by atoms with Crippen LogP contribution in [0, 0.1) is 5.82 Å². The average molecular weight is 294 g/mol. The van der Waals surface area contributed by atoms with Crippen molar-refractivity contribution in [3.8, 4) is 5.75 Å². The lowest BCUT2D eigenvalue weighted by Crippen LogP contribution is -1.99. The maximum atomic E-state index is 13.2. The largest absolute Gasteiger partial charge is 0.494 e. The zero-order valence-corrected chi connectivity index (χ0v) is 11.1. The van der Waals surface area contributed by atoms with Gasteiger partial charge >= 0.3 is 0 Å². The quantitative estimate of drug-likeness (QED) is 0.726. The molecule has 0 atom stereocenters. The summed E-state index contributed by atoms with van der Waals surface area (Å²) in [4.78, 5) is 15.0. The van der Waals surface area contributed by atoms with Gasteiger partial charge in [0, 0.05) is 6.07 Å². The number of H-pyrrole nitrogens is 1.